The van der Waals surface area contributed by atoms with Crippen molar-refractivity contribution in [2.45, 2.75) is 18.8 Å². The number of aromatic nitrogens is 2. The van der Waals surface area contributed by atoms with Crippen LogP contribution in [-0.2, 0) is 10.2 Å². The summed E-state index contributed by atoms with van der Waals surface area (Å²) in [6.45, 7) is 2.02. The molecule has 0 bridgehead atoms. The molecule has 1 aromatic heterocycles. The lowest BCUT2D eigenvalue weighted by Crippen LogP contribution is -2.29. The molecule has 2 aromatic carbocycles. The predicted octanol–water partition coefficient (Wildman–Crippen LogP) is 4.51. The van der Waals surface area contributed by atoms with Gasteiger partial charge < -0.3 is 9.90 Å². The van der Waals surface area contributed by atoms with Gasteiger partial charge in [-0.3, -0.25) is 0 Å². The van der Waals surface area contributed by atoms with Gasteiger partial charge in [-0.25, -0.2) is 4.68 Å². The molecular weight excluding hydrogens is 336 g/mol. The molecule has 0 fully saturated rings. The van der Waals surface area contributed by atoms with Gasteiger partial charge in [-0.15, -0.1) is 0 Å². The zero-order valence-electron chi connectivity index (χ0n) is 15.0. The summed E-state index contributed by atoms with van der Waals surface area (Å²) in [7, 11) is 0. The van der Waals surface area contributed by atoms with Crippen molar-refractivity contribution in [3.63, 3.8) is 0 Å². The van der Waals surface area contributed by atoms with Gasteiger partial charge in [0, 0.05) is 5.56 Å². The maximum absolute atomic E-state index is 12.2. The van der Waals surface area contributed by atoms with Crippen molar-refractivity contribution in [2.24, 2.45) is 0 Å². The Hall–Kier alpha value is -3.40. The maximum Gasteiger partial charge on any atom is 0.166 e. The molecule has 1 heterocycles. The van der Waals surface area contributed by atoms with Crippen molar-refractivity contribution in [3.8, 4) is 22.7 Å². The number of rotatable bonds is 4. The molecule has 4 heteroatoms. The first-order valence-corrected chi connectivity index (χ1v) is 8.90. The van der Waals surface area contributed by atoms with E-state index in [4.69, 9.17) is 5.10 Å². The molecule has 27 heavy (non-hydrogen) atoms. The SMILES string of the molecule is Cc1ccc(-n2nc(-c3ccccc3)c(O)c2C2(C=O)C=CC=CC2)cc1. The van der Waals surface area contributed by atoms with Crippen LogP contribution >= 0.6 is 0 Å². The molecular formula is C23H20N2O2. The van der Waals surface area contributed by atoms with Crippen LogP contribution in [0.15, 0.2) is 78.9 Å². The van der Waals surface area contributed by atoms with E-state index in [1.54, 1.807) is 4.68 Å². The molecule has 1 aliphatic carbocycles. The largest absolute Gasteiger partial charge is 0.504 e. The summed E-state index contributed by atoms with van der Waals surface area (Å²) in [5.41, 5.74) is 2.74. The summed E-state index contributed by atoms with van der Waals surface area (Å²) in [6.07, 6.45) is 8.88. The predicted molar refractivity (Wildman–Crippen MR) is 106 cm³/mol. The fraction of sp³-hybridized carbons (Fsp3) is 0.130. The quantitative estimate of drug-likeness (QED) is 0.700. The van der Waals surface area contributed by atoms with E-state index in [1.807, 2.05) is 85.8 Å². The second-order valence-corrected chi connectivity index (χ2v) is 6.81. The standard InChI is InChI=1S/C23H20N2O2/c1-17-10-12-19(13-11-17)25-22(23(16-26)14-6-3-7-15-23)21(27)20(24-25)18-8-4-2-5-9-18/h2-14,16,27H,15H2,1H3. The van der Waals surface area contributed by atoms with Gasteiger partial charge in [-0.1, -0.05) is 72.3 Å². The average molecular weight is 356 g/mol. The van der Waals surface area contributed by atoms with E-state index in [0.29, 0.717) is 17.8 Å². The summed E-state index contributed by atoms with van der Waals surface area (Å²) >= 11 is 0. The van der Waals surface area contributed by atoms with Crippen LogP contribution in [0.25, 0.3) is 16.9 Å². The number of aldehydes is 1. The minimum Gasteiger partial charge on any atom is -0.504 e. The zero-order chi connectivity index (χ0) is 18.9. The van der Waals surface area contributed by atoms with Crippen LogP contribution in [-0.4, -0.2) is 21.2 Å². The van der Waals surface area contributed by atoms with Crippen molar-refractivity contribution in [2.75, 3.05) is 0 Å². The first-order chi connectivity index (χ1) is 13.1. The molecule has 4 nitrogen and oxygen atoms in total. The zero-order valence-corrected chi connectivity index (χ0v) is 15.0. The number of allylic oxidation sites excluding steroid dienone is 4. The number of benzene rings is 2. The number of hydrogen-bond donors (Lipinski definition) is 1. The van der Waals surface area contributed by atoms with E-state index in [1.165, 1.54) is 0 Å². The van der Waals surface area contributed by atoms with Gasteiger partial charge >= 0.3 is 0 Å². The highest BCUT2D eigenvalue weighted by Crippen LogP contribution is 2.42. The Morgan fingerprint density at radius 3 is 2.44 bits per heavy atom. The highest BCUT2D eigenvalue weighted by molar-refractivity contribution is 5.79. The van der Waals surface area contributed by atoms with Gasteiger partial charge in [-0.2, -0.15) is 5.10 Å². The monoisotopic (exact) mass is 356 g/mol. The van der Waals surface area contributed by atoms with Crippen LogP contribution in [0, 0.1) is 6.92 Å². The van der Waals surface area contributed by atoms with Gasteiger partial charge in [0.15, 0.2) is 5.75 Å². The van der Waals surface area contributed by atoms with E-state index >= 15 is 0 Å². The normalized spacial score (nSPS) is 18.6. The van der Waals surface area contributed by atoms with Crippen molar-refractivity contribution in [1.29, 1.82) is 0 Å². The van der Waals surface area contributed by atoms with Crippen LogP contribution in [0.2, 0.25) is 0 Å². The topological polar surface area (TPSA) is 55.1 Å². The van der Waals surface area contributed by atoms with Crippen LogP contribution in [0.4, 0.5) is 0 Å². The molecule has 1 N–H and O–H groups in total. The Morgan fingerprint density at radius 2 is 1.81 bits per heavy atom. The second kappa shape index (κ2) is 6.72. The van der Waals surface area contributed by atoms with Crippen LogP contribution in [0.5, 0.6) is 5.75 Å². The molecule has 1 unspecified atom stereocenters. The highest BCUT2D eigenvalue weighted by atomic mass is 16.3. The maximum atomic E-state index is 12.2. The van der Waals surface area contributed by atoms with E-state index in [-0.39, 0.29) is 5.75 Å². The van der Waals surface area contributed by atoms with Gasteiger partial charge in [0.05, 0.1) is 11.1 Å². The molecule has 134 valence electrons. The number of hydrogen-bond acceptors (Lipinski definition) is 3. The van der Waals surface area contributed by atoms with Crippen LogP contribution < -0.4 is 0 Å². The first kappa shape index (κ1) is 17.0. The lowest BCUT2D eigenvalue weighted by atomic mass is 9.79. The van der Waals surface area contributed by atoms with Crippen molar-refractivity contribution in [3.05, 3.63) is 90.2 Å². The number of carbonyl (C=O) groups excluding carboxylic acids is 1. The molecule has 0 radical (unpaired) electrons. The Morgan fingerprint density at radius 1 is 1.07 bits per heavy atom. The Balaban J connectivity index is 1.99. The lowest BCUT2D eigenvalue weighted by molar-refractivity contribution is -0.111. The Bertz CT molecular complexity index is 1030. The third kappa shape index (κ3) is 2.89. The van der Waals surface area contributed by atoms with Gasteiger partial charge in [0.1, 0.15) is 17.7 Å². The van der Waals surface area contributed by atoms with Gasteiger partial charge in [-0.05, 0) is 25.5 Å². The molecule has 0 spiro atoms. The van der Waals surface area contributed by atoms with E-state index in [0.717, 1.165) is 23.1 Å². The molecule has 1 atom stereocenters. The molecule has 0 aliphatic heterocycles. The van der Waals surface area contributed by atoms with Crippen molar-refractivity contribution >= 4 is 6.29 Å². The summed E-state index contributed by atoms with van der Waals surface area (Å²) in [5, 5.41) is 15.8. The van der Waals surface area contributed by atoms with E-state index in [2.05, 4.69) is 0 Å². The summed E-state index contributed by atoms with van der Waals surface area (Å²) in [4.78, 5) is 12.2. The number of aromatic hydroxyl groups is 1. The minimum atomic E-state index is -0.955. The molecule has 0 saturated carbocycles. The van der Waals surface area contributed by atoms with Crippen molar-refractivity contribution < 1.29 is 9.90 Å². The molecule has 4 rings (SSSR count). The second-order valence-electron chi connectivity index (χ2n) is 6.81. The third-order valence-electron chi connectivity index (χ3n) is 4.93. The summed E-state index contributed by atoms with van der Waals surface area (Å²) < 4.78 is 1.69. The van der Waals surface area contributed by atoms with Crippen molar-refractivity contribution in [1.82, 2.24) is 9.78 Å². The molecule has 3 aromatic rings. The highest BCUT2D eigenvalue weighted by Gasteiger charge is 2.38. The minimum absolute atomic E-state index is 0.0359. The molecule has 1 aliphatic rings. The smallest absolute Gasteiger partial charge is 0.166 e. The number of carbonyl (C=O) groups is 1. The van der Waals surface area contributed by atoms with Gasteiger partial charge in [0.2, 0.25) is 0 Å². The Labute approximate surface area is 158 Å². The Kier molecular flexibility index (Phi) is 4.24. The van der Waals surface area contributed by atoms with Gasteiger partial charge in [0.25, 0.3) is 0 Å². The summed E-state index contributed by atoms with van der Waals surface area (Å²) in [6, 6.07) is 17.4. The first-order valence-electron chi connectivity index (χ1n) is 8.90. The molecule has 0 amide bonds. The number of nitrogens with zero attached hydrogens (tertiary/aromatic N) is 2. The lowest BCUT2D eigenvalue weighted by Gasteiger charge is -2.26. The summed E-state index contributed by atoms with van der Waals surface area (Å²) in [5.74, 6) is 0.0359. The third-order valence-corrected chi connectivity index (χ3v) is 4.93. The van der Waals surface area contributed by atoms with Crippen LogP contribution in [0.1, 0.15) is 17.7 Å². The van der Waals surface area contributed by atoms with E-state index < -0.39 is 5.41 Å². The van der Waals surface area contributed by atoms with Crippen LogP contribution in [0.3, 0.4) is 0 Å². The van der Waals surface area contributed by atoms with E-state index in [9.17, 15) is 9.90 Å². The fourth-order valence-electron chi connectivity index (χ4n) is 3.45. The average Bonchev–Trinajstić information content (AvgIpc) is 3.07. The fourth-order valence-corrected chi connectivity index (χ4v) is 3.45. The number of aryl methyl sites for hydroxylation is 1. The molecule has 0 saturated heterocycles.